The third-order valence-electron chi connectivity index (χ3n) is 5.12. The number of nitrogens with zero attached hydrogens (tertiary/aromatic N) is 2. The Morgan fingerprint density at radius 2 is 1.55 bits per heavy atom. The Kier molecular flexibility index (Phi) is 4.98. The number of aromatic nitrogens is 2. The third kappa shape index (κ3) is 4.06. The summed E-state index contributed by atoms with van der Waals surface area (Å²) in [6.45, 7) is 0. The number of fused-ring (bicyclic) bond motifs is 1. The van der Waals surface area contributed by atoms with Gasteiger partial charge in [0, 0.05) is 33.5 Å². The van der Waals surface area contributed by atoms with Crippen LogP contribution in [0.25, 0.3) is 33.3 Å². The van der Waals surface area contributed by atoms with Crippen molar-refractivity contribution in [1.29, 1.82) is 0 Å². The molecule has 0 spiro atoms. The molecule has 4 nitrogen and oxygen atoms in total. The van der Waals surface area contributed by atoms with E-state index >= 15 is 0 Å². The second-order valence-corrected chi connectivity index (χ2v) is 7.69. The third-order valence-corrected chi connectivity index (χ3v) is 5.35. The largest absolute Gasteiger partial charge is 0.384 e. The van der Waals surface area contributed by atoms with Crippen molar-refractivity contribution in [2.75, 3.05) is 11.1 Å². The molecule has 0 radical (unpaired) electrons. The number of nitrogens with two attached hydrogens (primary N) is 1. The molecular weight excluding hydrogens is 404 g/mol. The summed E-state index contributed by atoms with van der Waals surface area (Å²) < 4.78 is 0. The maximum atomic E-state index is 6.09. The molecule has 0 saturated carbocycles. The van der Waals surface area contributed by atoms with E-state index < -0.39 is 0 Å². The molecule has 5 heteroatoms. The highest BCUT2D eigenvalue weighted by molar-refractivity contribution is 6.31. The zero-order valence-electron chi connectivity index (χ0n) is 16.6. The summed E-state index contributed by atoms with van der Waals surface area (Å²) in [5, 5.41) is 5.15. The van der Waals surface area contributed by atoms with Gasteiger partial charge >= 0.3 is 0 Å². The average Bonchev–Trinajstić information content (AvgIpc) is 2.80. The SMILES string of the molecule is Nc1cc(-c2ccccc2)cc(-c2ccc(Nc3ccnc4cc(Cl)ccc34)cc2)n1. The van der Waals surface area contributed by atoms with Gasteiger partial charge in [0.05, 0.1) is 11.2 Å². The highest BCUT2D eigenvalue weighted by atomic mass is 35.5. The first-order chi connectivity index (χ1) is 15.2. The molecule has 0 bridgehead atoms. The second kappa shape index (κ2) is 8.09. The summed E-state index contributed by atoms with van der Waals surface area (Å²) in [5.74, 6) is 0.500. The number of rotatable bonds is 4. The smallest absolute Gasteiger partial charge is 0.124 e. The van der Waals surface area contributed by atoms with Crippen molar-refractivity contribution in [1.82, 2.24) is 9.97 Å². The molecule has 0 aliphatic rings. The molecule has 0 saturated heterocycles. The Hall–Kier alpha value is -3.89. The lowest BCUT2D eigenvalue weighted by Crippen LogP contribution is -1.95. The van der Waals surface area contributed by atoms with Crippen LogP contribution in [-0.2, 0) is 0 Å². The number of nitrogens with one attached hydrogen (secondary N) is 1. The van der Waals surface area contributed by atoms with E-state index in [1.807, 2.05) is 72.8 Å². The van der Waals surface area contributed by atoms with Crippen LogP contribution in [0.15, 0.2) is 97.2 Å². The van der Waals surface area contributed by atoms with Gasteiger partial charge in [0.25, 0.3) is 0 Å². The van der Waals surface area contributed by atoms with Crippen molar-refractivity contribution >= 4 is 39.7 Å². The summed E-state index contributed by atoms with van der Waals surface area (Å²) in [7, 11) is 0. The van der Waals surface area contributed by atoms with Crippen LogP contribution < -0.4 is 11.1 Å². The Morgan fingerprint density at radius 3 is 2.35 bits per heavy atom. The van der Waals surface area contributed by atoms with Gasteiger partial charge in [-0.05, 0) is 59.7 Å². The summed E-state index contributed by atoms with van der Waals surface area (Å²) in [4.78, 5) is 8.92. The number of benzene rings is 3. The van der Waals surface area contributed by atoms with Gasteiger partial charge in [-0.15, -0.1) is 0 Å². The summed E-state index contributed by atoms with van der Waals surface area (Å²) in [5.41, 5.74) is 12.9. The van der Waals surface area contributed by atoms with Crippen molar-refractivity contribution in [2.45, 2.75) is 0 Å². The molecule has 5 rings (SSSR count). The van der Waals surface area contributed by atoms with Gasteiger partial charge in [-0.3, -0.25) is 4.98 Å². The van der Waals surface area contributed by atoms with E-state index in [4.69, 9.17) is 17.3 Å². The molecule has 0 aliphatic carbocycles. The van der Waals surface area contributed by atoms with Crippen LogP contribution in [0, 0.1) is 0 Å². The first-order valence-corrected chi connectivity index (χ1v) is 10.3. The predicted molar refractivity (Wildman–Crippen MR) is 130 cm³/mol. The van der Waals surface area contributed by atoms with Crippen molar-refractivity contribution in [2.24, 2.45) is 0 Å². The highest BCUT2D eigenvalue weighted by Crippen LogP contribution is 2.30. The molecule has 3 N–H and O–H groups in total. The molecule has 2 heterocycles. The first-order valence-electron chi connectivity index (χ1n) is 9.90. The van der Waals surface area contributed by atoms with Crippen molar-refractivity contribution < 1.29 is 0 Å². The molecule has 3 aromatic carbocycles. The lowest BCUT2D eigenvalue weighted by molar-refractivity contribution is 1.33. The first kappa shape index (κ1) is 19.1. The van der Waals surface area contributed by atoms with Crippen LogP contribution in [0.2, 0.25) is 5.02 Å². The zero-order valence-corrected chi connectivity index (χ0v) is 17.3. The molecule has 0 unspecified atom stereocenters. The van der Waals surface area contributed by atoms with Crippen molar-refractivity contribution in [3.05, 3.63) is 102 Å². The van der Waals surface area contributed by atoms with Crippen LogP contribution >= 0.6 is 11.6 Å². The number of anilines is 3. The molecule has 2 aromatic heterocycles. The number of hydrogen-bond donors (Lipinski definition) is 2. The number of nitrogen functional groups attached to an aromatic ring is 1. The minimum Gasteiger partial charge on any atom is -0.384 e. The van der Waals surface area contributed by atoms with E-state index in [0.717, 1.165) is 44.7 Å². The Bertz CT molecular complexity index is 1370. The lowest BCUT2D eigenvalue weighted by Gasteiger charge is -2.11. The number of hydrogen-bond acceptors (Lipinski definition) is 4. The van der Waals surface area contributed by atoms with E-state index in [9.17, 15) is 0 Å². The summed E-state index contributed by atoms with van der Waals surface area (Å²) >= 11 is 6.09. The molecule has 0 aliphatic heterocycles. The van der Waals surface area contributed by atoms with Crippen LogP contribution in [0.1, 0.15) is 0 Å². The van der Waals surface area contributed by atoms with Crippen LogP contribution in [0.4, 0.5) is 17.2 Å². The lowest BCUT2D eigenvalue weighted by atomic mass is 10.0. The average molecular weight is 423 g/mol. The monoisotopic (exact) mass is 422 g/mol. The molecule has 0 amide bonds. The van der Waals surface area contributed by atoms with Crippen LogP contribution in [0.5, 0.6) is 0 Å². The Labute approximate surface area is 185 Å². The van der Waals surface area contributed by atoms with E-state index in [1.54, 1.807) is 6.20 Å². The quantitative estimate of drug-likeness (QED) is 0.329. The fraction of sp³-hybridized carbons (Fsp3) is 0. The number of halogens is 1. The topological polar surface area (TPSA) is 63.8 Å². The molecule has 5 aromatic rings. The van der Waals surface area contributed by atoms with E-state index in [-0.39, 0.29) is 0 Å². The maximum Gasteiger partial charge on any atom is 0.124 e. The highest BCUT2D eigenvalue weighted by Gasteiger charge is 2.07. The van der Waals surface area contributed by atoms with Gasteiger partial charge in [-0.25, -0.2) is 4.98 Å². The Balaban J connectivity index is 1.44. The summed E-state index contributed by atoms with van der Waals surface area (Å²) in [6, 6.07) is 29.9. The fourth-order valence-electron chi connectivity index (χ4n) is 3.61. The van der Waals surface area contributed by atoms with E-state index in [1.165, 1.54) is 0 Å². The minimum atomic E-state index is 0.500. The molecule has 0 atom stereocenters. The molecular formula is C26H19ClN4. The molecule has 0 fully saturated rings. The standard InChI is InChI=1S/C26H19ClN4/c27-20-8-11-22-23(12-13-29-25(22)16-20)30-21-9-6-18(7-10-21)24-14-19(15-26(28)31-24)17-4-2-1-3-5-17/h1-16H,(H2,28,31)(H,29,30). The van der Waals surface area contributed by atoms with Crippen LogP contribution in [-0.4, -0.2) is 9.97 Å². The van der Waals surface area contributed by atoms with Crippen molar-refractivity contribution in [3.8, 4) is 22.4 Å². The van der Waals surface area contributed by atoms with Gasteiger partial charge in [-0.1, -0.05) is 54.1 Å². The minimum absolute atomic E-state index is 0.500. The molecule has 31 heavy (non-hydrogen) atoms. The van der Waals surface area contributed by atoms with Crippen LogP contribution in [0.3, 0.4) is 0 Å². The fourth-order valence-corrected chi connectivity index (χ4v) is 3.77. The van der Waals surface area contributed by atoms with Crippen molar-refractivity contribution in [3.63, 3.8) is 0 Å². The van der Waals surface area contributed by atoms with E-state index in [2.05, 4.69) is 33.5 Å². The summed E-state index contributed by atoms with van der Waals surface area (Å²) in [6.07, 6.45) is 1.77. The van der Waals surface area contributed by atoms with Gasteiger partial charge in [0.15, 0.2) is 0 Å². The second-order valence-electron chi connectivity index (χ2n) is 7.25. The predicted octanol–water partition coefficient (Wildman–Crippen LogP) is 6.94. The normalized spacial score (nSPS) is 10.9. The van der Waals surface area contributed by atoms with Gasteiger partial charge in [0.2, 0.25) is 0 Å². The van der Waals surface area contributed by atoms with Gasteiger partial charge in [-0.2, -0.15) is 0 Å². The maximum absolute atomic E-state index is 6.09. The molecule has 150 valence electrons. The Morgan fingerprint density at radius 1 is 0.742 bits per heavy atom. The zero-order chi connectivity index (χ0) is 21.2. The number of pyridine rings is 2. The van der Waals surface area contributed by atoms with Gasteiger partial charge < -0.3 is 11.1 Å². The van der Waals surface area contributed by atoms with E-state index in [0.29, 0.717) is 10.8 Å². The van der Waals surface area contributed by atoms with Gasteiger partial charge in [0.1, 0.15) is 5.82 Å².